The molecule has 0 bridgehead atoms. The molecule has 1 unspecified atom stereocenters. The molecule has 1 atom stereocenters. The van der Waals surface area contributed by atoms with E-state index < -0.39 is 17.7 Å². The molecule has 4 aromatic rings. The number of anilines is 1. The Morgan fingerprint density at radius 3 is 2.61 bits per heavy atom. The van der Waals surface area contributed by atoms with Gasteiger partial charge in [-0.2, -0.15) is 15.1 Å². The van der Waals surface area contributed by atoms with Gasteiger partial charge in [-0.1, -0.05) is 19.3 Å². The van der Waals surface area contributed by atoms with Gasteiger partial charge in [0.1, 0.15) is 29.5 Å². The summed E-state index contributed by atoms with van der Waals surface area (Å²) in [5.41, 5.74) is 0.668. The molecule has 3 saturated heterocycles. The van der Waals surface area contributed by atoms with Gasteiger partial charge in [-0.15, -0.1) is 0 Å². The van der Waals surface area contributed by atoms with Gasteiger partial charge >= 0.3 is 12.1 Å². The number of H-pyrrole nitrogens is 1. The van der Waals surface area contributed by atoms with E-state index >= 15 is 4.39 Å². The maximum absolute atomic E-state index is 16.5. The van der Waals surface area contributed by atoms with Gasteiger partial charge in [-0.25, -0.2) is 13.6 Å². The average Bonchev–Trinajstić information content (AvgIpc) is 3.62. The van der Waals surface area contributed by atoms with Crippen molar-refractivity contribution >= 4 is 33.7 Å². The predicted octanol–water partition coefficient (Wildman–Crippen LogP) is 5.74. The molecular formula is C33H40F2N8O3. The number of ether oxygens (including phenoxy) is 2. The lowest BCUT2D eigenvalue weighted by Crippen LogP contribution is -2.48. The molecule has 8 rings (SSSR count). The molecule has 46 heavy (non-hydrogen) atoms. The van der Waals surface area contributed by atoms with Crippen molar-refractivity contribution in [2.24, 2.45) is 0 Å². The minimum atomic E-state index is -0.696. The van der Waals surface area contributed by atoms with E-state index in [0.717, 1.165) is 51.6 Å². The van der Waals surface area contributed by atoms with Gasteiger partial charge in [0.25, 0.3) is 0 Å². The van der Waals surface area contributed by atoms with Crippen LogP contribution >= 0.6 is 0 Å². The lowest BCUT2D eigenvalue weighted by Gasteiger charge is -2.34. The summed E-state index contributed by atoms with van der Waals surface area (Å²) in [6.07, 6.45) is 13.0. The van der Waals surface area contributed by atoms with Crippen molar-refractivity contribution in [1.82, 2.24) is 35.4 Å². The van der Waals surface area contributed by atoms with Gasteiger partial charge in [0.2, 0.25) is 0 Å². The number of carbonyl (C=O) groups is 1. The molecule has 3 aliphatic heterocycles. The van der Waals surface area contributed by atoms with Gasteiger partial charge < -0.3 is 19.7 Å². The number of aromatic nitrogens is 5. The second kappa shape index (κ2) is 12.9. The molecule has 3 aromatic heterocycles. The van der Waals surface area contributed by atoms with E-state index in [9.17, 15) is 9.18 Å². The van der Waals surface area contributed by atoms with Crippen molar-refractivity contribution in [2.45, 2.75) is 76.3 Å². The fourth-order valence-electron chi connectivity index (χ4n) is 7.01. The van der Waals surface area contributed by atoms with E-state index in [4.69, 9.17) is 14.5 Å². The van der Waals surface area contributed by atoms with Crippen LogP contribution in [0.15, 0.2) is 24.5 Å². The van der Waals surface area contributed by atoms with Crippen molar-refractivity contribution in [3.63, 3.8) is 0 Å². The maximum Gasteiger partial charge on any atom is 0.407 e. The molecule has 244 valence electrons. The highest BCUT2D eigenvalue weighted by molar-refractivity contribution is 5.97. The van der Waals surface area contributed by atoms with Crippen LogP contribution in [0.3, 0.4) is 0 Å². The average molecular weight is 635 g/mol. The molecule has 4 aliphatic rings. The summed E-state index contributed by atoms with van der Waals surface area (Å²) in [6, 6.07) is 2.46. The zero-order valence-corrected chi connectivity index (χ0v) is 26.2. The van der Waals surface area contributed by atoms with Gasteiger partial charge in [-0.05, 0) is 70.7 Å². The summed E-state index contributed by atoms with van der Waals surface area (Å²) >= 11 is 0. The number of piperidine rings is 1. The first kappa shape index (κ1) is 30.5. The van der Waals surface area contributed by atoms with Crippen LogP contribution in [0.25, 0.3) is 33.1 Å². The van der Waals surface area contributed by atoms with E-state index in [1.165, 1.54) is 43.8 Å². The summed E-state index contributed by atoms with van der Waals surface area (Å²) in [5, 5.41) is 10.6. The molecule has 0 spiro atoms. The number of halogens is 2. The Morgan fingerprint density at radius 2 is 1.85 bits per heavy atom. The third kappa shape index (κ3) is 6.16. The minimum Gasteiger partial charge on any atom is -0.461 e. The number of pyridine rings is 1. The number of nitrogens with zero attached hydrogens (tertiary/aromatic N) is 6. The van der Waals surface area contributed by atoms with Crippen LogP contribution in [-0.4, -0.2) is 87.1 Å². The zero-order chi connectivity index (χ0) is 31.7. The molecule has 0 radical (unpaired) electrons. The van der Waals surface area contributed by atoms with Crippen LogP contribution < -0.4 is 15.0 Å². The van der Waals surface area contributed by atoms with Crippen molar-refractivity contribution in [3.8, 4) is 17.3 Å². The smallest absolute Gasteiger partial charge is 0.407 e. The Hall–Kier alpha value is -4.13. The summed E-state index contributed by atoms with van der Waals surface area (Å²) in [4.78, 5) is 30.4. The molecule has 4 fully saturated rings. The third-order valence-electron chi connectivity index (χ3n) is 9.38. The van der Waals surface area contributed by atoms with Crippen LogP contribution in [0.1, 0.15) is 64.7 Å². The highest BCUT2D eigenvalue weighted by atomic mass is 19.1. The molecule has 13 heteroatoms. The number of benzene rings is 1. The number of aromatic amines is 1. The first-order chi connectivity index (χ1) is 22.4. The number of amides is 1. The topological polar surface area (TPSA) is 121 Å². The summed E-state index contributed by atoms with van der Waals surface area (Å²) in [5.74, 6) is -0.752. The van der Waals surface area contributed by atoms with E-state index in [-0.39, 0.29) is 41.0 Å². The fraction of sp³-hybridized carbons (Fsp3) is 0.545. The minimum absolute atomic E-state index is 0.0362. The number of hydrogen-bond acceptors (Lipinski definition) is 9. The summed E-state index contributed by atoms with van der Waals surface area (Å²) in [7, 11) is 0. The number of fused-ring (bicyclic) bond motifs is 3. The first-order valence-corrected chi connectivity index (χ1v) is 16.5. The molecule has 2 N–H and O–H groups in total. The SMILES string of the molecule is C1CC1.CCOC(=O)NC1CCCN(c2nc(OCC34CCCN3CCC4)nc3c(F)c(-c4cc(F)cc5[nH]ncc45)ncc23)C1. The normalized spacial score (nSPS) is 20.3. The summed E-state index contributed by atoms with van der Waals surface area (Å²) in [6.45, 7) is 5.66. The van der Waals surface area contributed by atoms with E-state index in [1.54, 1.807) is 6.92 Å². The van der Waals surface area contributed by atoms with Gasteiger partial charge in [0.05, 0.1) is 29.2 Å². The summed E-state index contributed by atoms with van der Waals surface area (Å²) < 4.78 is 42.4. The Balaban J connectivity index is 0.00000107. The van der Waals surface area contributed by atoms with Gasteiger partial charge in [-0.3, -0.25) is 15.0 Å². The van der Waals surface area contributed by atoms with Crippen molar-refractivity contribution in [3.05, 3.63) is 36.2 Å². The first-order valence-electron chi connectivity index (χ1n) is 16.5. The second-order valence-corrected chi connectivity index (χ2v) is 12.7. The fourth-order valence-corrected chi connectivity index (χ4v) is 7.01. The maximum atomic E-state index is 16.5. The Morgan fingerprint density at radius 1 is 1.04 bits per heavy atom. The predicted molar refractivity (Wildman–Crippen MR) is 170 cm³/mol. The molecule has 1 aromatic carbocycles. The van der Waals surface area contributed by atoms with Crippen molar-refractivity contribution < 1.29 is 23.0 Å². The number of carbonyl (C=O) groups excluding carboxylic acids is 1. The largest absolute Gasteiger partial charge is 0.461 e. The van der Waals surface area contributed by atoms with Gasteiger partial charge in [0.15, 0.2) is 5.82 Å². The van der Waals surface area contributed by atoms with Crippen LogP contribution in [0.4, 0.5) is 19.4 Å². The lowest BCUT2D eigenvalue weighted by molar-refractivity contribution is 0.108. The second-order valence-electron chi connectivity index (χ2n) is 12.7. The number of rotatable bonds is 7. The van der Waals surface area contributed by atoms with Crippen molar-refractivity contribution in [2.75, 3.05) is 44.3 Å². The highest BCUT2D eigenvalue weighted by Crippen LogP contribution is 2.40. The van der Waals surface area contributed by atoms with Crippen LogP contribution in [-0.2, 0) is 4.74 Å². The quantitative estimate of drug-likeness (QED) is 0.262. The third-order valence-corrected chi connectivity index (χ3v) is 9.38. The van der Waals surface area contributed by atoms with E-state index in [2.05, 4.69) is 30.4 Å². The Kier molecular flexibility index (Phi) is 8.58. The number of nitrogens with one attached hydrogen (secondary N) is 2. The molecule has 1 aliphatic carbocycles. The monoisotopic (exact) mass is 634 g/mol. The molecule has 11 nitrogen and oxygen atoms in total. The molecule has 6 heterocycles. The lowest BCUT2D eigenvalue weighted by atomic mass is 9.95. The Labute approximate surface area is 266 Å². The van der Waals surface area contributed by atoms with Crippen LogP contribution in [0, 0.1) is 11.6 Å². The zero-order valence-electron chi connectivity index (χ0n) is 26.2. The van der Waals surface area contributed by atoms with Crippen molar-refractivity contribution in [1.29, 1.82) is 0 Å². The van der Waals surface area contributed by atoms with Crippen LogP contribution in [0.5, 0.6) is 6.01 Å². The van der Waals surface area contributed by atoms with E-state index in [0.29, 0.717) is 41.8 Å². The molecule has 1 amide bonds. The van der Waals surface area contributed by atoms with Gasteiger partial charge in [0, 0.05) is 36.3 Å². The standard InChI is InChI=1S/C30H34F2N8O3.C3H6/c1-2-42-29(41)35-19-6-3-9-39(16-19)27-22-14-33-25(20-12-18(31)13-23-21(20)15-34-38-23)24(32)26(22)36-28(37-27)43-17-30-7-4-10-40(30)11-5-8-30;1-2-3-1/h12-15,19H,2-11,16-17H2,1H3,(H,34,38)(H,35,41);1-3H2. The molecular weight excluding hydrogens is 594 g/mol. The number of alkyl carbamates (subject to hydrolysis) is 1. The Bertz CT molecular complexity index is 1720. The highest BCUT2D eigenvalue weighted by Gasteiger charge is 2.45. The van der Waals surface area contributed by atoms with Crippen LogP contribution in [0.2, 0.25) is 0 Å². The molecule has 1 saturated carbocycles. The number of hydrogen-bond donors (Lipinski definition) is 2. The van der Waals surface area contributed by atoms with E-state index in [1.807, 2.05) is 4.90 Å².